The molecule has 0 radical (unpaired) electrons. The van der Waals surface area contributed by atoms with Crippen molar-refractivity contribution in [3.05, 3.63) is 65.3 Å². The van der Waals surface area contributed by atoms with E-state index in [0.29, 0.717) is 41.1 Å². The number of aromatic nitrogens is 5. The highest BCUT2D eigenvalue weighted by Gasteiger charge is 2.20. The summed E-state index contributed by atoms with van der Waals surface area (Å²) in [4.78, 5) is 26.9. The van der Waals surface area contributed by atoms with Crippen LogP contribution >= 0.6 is 11.6 Å². The number of piperazine rings is 1. The number of hydrogen-bond donors (Lipinski definition) is 2. The summed E-state index contributed by atoms with van der Waals surface area (Å²) in [5, 5.41) is 7.06. The first-order chi connectivity index (χ1) is 17.0. The van der Waals surface area contributed by atoms with Gasteiger partial charge in [0, 0.05) is 44.1 Å². The maximum atomic E-state index is 6.31. The Labute approximate surface area is 208 Å². The molecule has 0 atom stereocenters. The van der Waals surface area contributed by atoms with Crippen LogP contribution in [0.25, 0.3) is 11.4 Å². The van der Waals surface area contributed by atoms with Crippen molar-refractivity contribution >= 4 is 35.2 Å². The third kappa shape index (κ3) is 5.50. The predicted octanol–water partition coefficient (Wildman–Crippen LogP) is 3.99. The fraction of sp³-hybridized carbons (Fsp3) is 0.292. The lowest BCUT2D eigenvalue weighted by Crippen LogP contribution is -2.45. The van der Waals surface area contributed by atoms with E-state index in [2.05, 4.69) is 47.4 Å². The summed E-state index contributed by atoms with van der Waals surface area (Å²) in [5.74, 6) is 2.15. The van der Waals surface area contributed by atoms with Crippen LogP contribution in [0.2, 0.25) is 5.02 Å². The van der Waals surface area contributed by atoms with E-state index in [9.17, 15) is 0 Å². The van der Waals surface area contributed by atoms with Gasteiger partial charge in [0.25, 0.3) is 0 Å². The predicted molar refractivity (Wildman–Crippen MR) is 136 cm³/mol. The summed E-state index contributed by atoms with van der Waals surface area (Å²) < 4.78 is 5.87. The molecule has 0 aliphatic carbocycles. The van der Waals surface area contributed by atoms with E-state index in [4.69, 9.17) is 21.0 Å². The van der Waals surface area contributed by atoms with Gasteiger partial charge in [0.2, 0.25) is 11.9 Å². The van der Waals surface area contributed by atoms with Crippen LogP contribution in [0.3, 0.4) is 0 Å². The Morgan fingerprint density at radius 2 is 1.89 bits per heavy atom. The molecule has 3 aromatic heterocycles. The summed E-state index contributed by atoms with van der Waals surface area (Å²) in [5.41, 5.74) is 2.73. The molecule has 0 spiro atoms. The molecule has 0 unspecified atom stereocenters. The lowest BCUT2D eigenvalue weighted by molar-refractivity contribution is 0.311. The lowest BCUT2D eigenvalue weighted by atomic mass is 10.2. The van der Waals surface area contributed by atoms with Crippen molar-refractivity contribution in [3.8, 4) is 11.4 Å². The maximum absolute atomic E-state index is 6.31. The normalized spacial score (nSPS) is 14.2. The SMILES string of the molecule is Cc1cccc(Cl)c1NCc1cnc(Nc2nc(-c3cccnc3)nc(N3CCN(C)CC3)n2)o1. The van der Waals surface area contributed by atoms with Crippen LogP contribution in [-0.4, -0.2) is 63.0 Å². The average molecular weight is 492 g/mol. The van der Waals surface area contributed by atoms with Crippen LogP contribution in [0.1, 0.15) is 11.3 Å². The van der Waals surface area contributed by atoms with Crippen molar-refractivity contribution in [3.63, 3.8) is 0 Å². The van der Waals surface area contributed by atoms with E-state index in [1.165, 1.54) is 0 Å². The monoisotopic (exact) mass is 491 g/mol. The number of likely N-dealkylation sites (N-methyl/N-ethyl adjacent to an activating group) is 1. The van der Waals surface area contributed by atoms with E-state index in [1.807, 2.05) is 37.3 Å². The van der Waals surface area contributed by atoms with Crippen LogP contribution in [0, 0.1) is 6.92 Å². The molecule has 0 saturated carbocycles. The van der Waals surface area contributed by atoms with Gasteiger partial charge >= 0.3 is 6.01 Å². The second-order valence-corrected chi connectivity index (χ2v) is 8.76. The quantitative estimate of drug-likeness (QED) is 0.394. The van der Waals surface area contributed by atoms with Crippen molar-refractivity contribution in [2.24, 2.45) is 0 Å². The number of hydrogen-bond acceptors (Lipinski definition) is 10. The molecule has 1 aromatic carbocycles. The fourth-order valence-corrected chi connectivity index (χ4v) is 4.06. The highest BCUT2D eigenvalue weighted by molar-refractivity contribution is 6.33. The number of nitrogens with zero attached hydrogens (tertiary/aromatic N) is 7. The molecule has 0 amide bonds. The van der Waals surface area contributed by atoms with Gasteiger partial charge in [0.15, 0.2) is 5.82 Å². The molecule has 1 aliphatic heterocycles. The summed E-state index contributed by atoms with van der Waals surface area (Å²) in [6, 6.07) is 9.85. The number of pyridine rings is 1. The number of benzene rings is 1. The molecule has 10 nitrogen and oxygen atoms in total. The lowest BCUT2D eigenvalue weighted by Gasteiger charge is -2.32. The Hall–Kier alpha value is -3.76. The molecule has 4 aromatic rings. The van der Waals surface area contributed by atoms with Crippen LogP contribution in [-0.2, 0) is 6.54 Å². The number of nitrogens with one attached hydrogen (secondary N) is 2. The molecule has 1 aliphatic rings. The molecule has 1 fully saturated rings. The average Bonchev–Trinajstić information content (AvgIpc) is 3.31. The van der Waals surface area contributed by atoms with Crippen molar-refractivity contribution in [2.75, 3.05) is 48.8 Å². The maximum Gasteiger partial charge on any atom is 0.301 e. The highest BCUT2D eigenvalue weighted by atomic mass is 35.5. The molecule has 2 N–H and O–H groups in total. The van der Waals surface area contributed by atoms with Gasteiger partial charge in [-0.3, -0.25) is 10.3 Å². The van der Waals surface area contributed by atoms with Crippen LogP contribution in [0.4, 0.5) is 23.6 Å². The van der Waals surface area contributed by atoms with Gasteiger partial charge in [0.05, 0.1) is 23.5 Å². The number of rotatable bonds is 7. The second kappa shape index (κ2) is 10.2. The van der Waals surface area contributed by atoms with Gasteiger partial charge < -0.3 is 19.5 Å². The van der Waals surface area contributed by atoms with E-state index < -0.39 is 0 Å². The Bertz CT molecular complexity index is 1270. The topological polar surface area (TPSA) is 108 Å². The van der Waals surface area contributed by atoms with E-state index in [0.717, 1.165) is 43.0 Å². The summed E-state index contributed by atoms with van der Waals surface area (Å²) in [6.45, 7) is 5.99. The Kier molecular flexibility index (Phi) is 6.73. The Balaban J connectivity index is 1.36. The van der Waals surface area contributed by atoms with Gasteiger partial charge in [-0.2, -0.15) is 15.0 Å². The van der Waals surface area contributed by atoms with Crippen LogP contribution in [0.5, 0.6) is 0 Å². The first-order valence-corrected chi connectivity index (χ1v) is 11.7. The molecule has 5 rings (SSSR count). The number of anilines is 4. The van der Waals surface area contributed by atoms with Crippen LogP contribution in [0.15, 0.2) is 53.3 Å². The van der Waals surface area contributed by atoms with Gasteiger partial charge in [-0.05, 0) is 37.7 Å². The summed E-state index contributed by atoms with van der Waals surface area (Å²) in [7, 11) is 2.11. The minimum atomic E-state index is 0.297. The molecule has 4 heterocycles. The zero-order valence-corrected chi connectivity index (χ0v) is 20.3. The third-order valence-electron chi connectivity index (χ3n) is 5.76. The molecule has 11 heteroatoms. The molecule has 1 saturated heterocycles. The zero-order chi connectivity index (χ0) is 24.2. The Morgan fingerprint density at radius 3 is 2.66 bits per heavy atom. The second-order valence-electron chi connectivity index (χ2n) is 8.36. The smallest absolute Gasteiger partial charge is 0.301 e. The Morgan fingerprint density at radius 1 is 1.03 bits per heavy atom. The number of halogens is 1. The number of aryl methyl sites for hydroxylation is 1. The van der Waals surface area contributed by atoms with Crippen molar-refractivity contribution in [1.29, 1.82) is 0 Å². The van der Waals surface area contributed by atoms with Crippen molar-refractivity contribution in [1.82, 2.24) is 29.8 Å². The molecular weight excluding hydrogens is 466 g/mol. The van der Waals surface area contributed by atoms with Crippen LogP contribution < -0.4 is 15.5 Å². The van der Waals surface area contributed by atoms with Crippen molar-refractivity contribution in [2.45, 2.75) is 13.5 Å². The van der Waals surface area contributed by atoms with Gasteiger partial charge in [-0.15, -0.1) is 0 Å². The number of para-hydroxylation sites is 1. The van der Waals surface area contributed by atoms with E-state index >= 15 is 0 Å². The number of oxazole rings is 1. The minimum absolute atomic E-state index is 0.297. The fourth-order valence-electron chi connectivity index (χ4n) is 3.77. The summed E-state index contributed by atoms with van der Waals surface area (Å²) in [6.07, 6.45) is 5.11. The van der Waals surface area contributed by atoms with E-state index in [-0.39, 0.29) is 0 Å². The molecular formula is C24H26ClN9O. The molecule has 35 heavy (non-hydrogen) atoms. The summed E-state index contributed by atoms with van der Waals surface area (Å²) >= 11 is 6.31. The zero-order valence-electron chi connectivity index (χ0n) is 19.6. The first kappa shape index (κ1) is 23.0. The molecule has 0 bridgehead atoms. The minimum Gasteiger partial charge on any atom is -0.427 e. The van der Waals surface area contributed by atoms with Gasteiger partial charge in [-0.25, -0.2) is 4.98 Å². The first-order valence-electron chi connectivity index (χ1n) is 11.4. The van der Waals surface area contributed by atoms with E-state index in [1.54, 1.807) is 18.6 Å². The van der Waals surface area contributed by atoms with Gasteiger partial charge in [-0.1, -0.05) is 23.7 Å². The third-order valence-corrected chi connectivity index (χ3v) is 6.08. The van der Waals surface area contributed by atoms with Crippen molar-refractivity contribution < 1.29 is 4.42 Å². The molecule has 180 valence electrons. The highest BCUT2D eigenvalue weighted by Crippen LogP contribution is 2.26. The van der Waals surface area contributed by atoms with Gasteiger partial charge in [0.1, 0.15) is 5.76 Å². The standard InChI is InChI=1S/C24H26ClN9O/c1-16-5-3-7-19(25)20(16)27-14-18-15-28-24(35-18)32-22-29-21(17-6-4-8-26-13-17)30-23(31-22)34-11-9-33(2)10-12-34/h3-8,13,15,27H,9-12,14H2,1-2H3,(H,28,29,30,31,32). The largest absolute Gasteiger partial charge is 0.427 e.